The summed E-state index contributed by atoms with van der Waals surface area (Å²) >= 11 is 6.18. The number of aryl methyl sites for hydroxylation is 1. The third-order valence-corrected chi connectivity index (χ3v) is 4.24. The maximum atomic E-state index is 11.9. The Morgan fingerprint density at radius 3 is 2.59 bits per heavy atom. The first kappa shape index (κ1) is 20.1. The number of nitrogens with one attached hydrogen (secondary N) is 2. The number of benzene rings is 2. The maximum Gasteiger partial charge on any atom is 0.377 e. The van der Waals surface area contributed by atoms with Crippen LogP contribution in [-0.4, -0.2) is 33.9 Å². The van der Waals surface area contributed by atoms with Gasteiger partial charge in [0.05, 0.1) is 30.2 Å². The molecule has 3 rings (SSSR count). The average Bonchev–Trinajstić information content (AvgIpc) is 2.71. The summed E-state index contributed by atoms with van der Waals surface area (Å²) in [5.74, 6) is -1.53. The highest BCUT2D eigenvalue weighted by molar-refractivity contribution is 6.41. The molecule has 0 spiro atoms. The lowest BCUT2D eigenvalue weighted by Crippen LogP contribution is -2.14. The number of aliphatic carboxylic acids is 1. The summed E-state index contributed by atoms with van der Waals surface area (Å²) in [6, 6.07) is 11.8. The molecule has 0 unspecified atom stereocenters. The molecular formula is C20H17ClN4O4. The van der Waals surface area contributed by atoms with Crippen molar-refractivity contribution >= 4 is 46.5 Å². The second-order valence-electron chi connectivity index (χ2n) is 6.02. The van der Waals surface area contributed by atoms with Crippen molar-refractivity contribution in [2.24, 2.45) is 0 Å². The number of carboxylic acid groups (broad SMARTS) is 1. The molecule has 0 aliphatic heterocycles. The van der Waals surface area contributed by atoms with E-state index in [1.807, 2.05) is 25.1 Å². The van der Waals surface area contributed by atoms with Gasteiger partial charge < -0.3 is 20.5 Å². The Balaban J connectivity index is 1.92. The molecule has 1 aromatic heterocycles. The number of nitrogens with zero attached hydrogens (tertiary/aromatic N) is 2. The van der Waals surface area contributed by atoms with Gasteiger partial charge in [0.25, 0.3) is 5.78 Å². The normalized spacial score (nSPS) is 10.3. The number of carbonyl (C=O) groups is 2. The number of ketones is 1. The largest absolute Gasteiger partial charge is 0.495 e. The number of carboxylic acids is 1. The Morgan fingerprint density at radius 1 is 1.10 bits per heavy atom. The summed E-state index contributed by atoms with van der Waals surface area (Å²) in [6.45, 7) is 1.95. The number of carbonyl (C=O) groups excluding carboxylic acids is 1. The van der Waals surface area contributed by atoms with Crippen LogP contribution in [0.5, 0.6) is 5.75 Å². The van der Waals surface area contributed by atoms with E-state index in [2.05, 4.69) is 20.6 Å². The second kappa shape index (κ2) is 8.57. The number of rotatable bonds is 7. The van der Waals surface area contributed by atoms with Crippen LogP contribution in [0, 0.1) is 6.92 Å². The van der Waals surface area contributed by atoms with Crippen LogP contribution >= 0.6 is 11.6 Å². The van der Waals surface area contributed by atoms with Crippen LogP contribution in [0.2, 0.25) is 5.02 Å². The van der Waals surface area contributed by atoms with Gasteiger partial charge in [0.1, 0.15) is 10.8 Å². The van der Waals surface area contributed by atoms with E-state index in [1.54, 1.807) is 25.3 Å². The first-order valence-corrected chi connectivity index (χ1v) is 8.84. The molecule has 0 bridgehead atoms. The minimum atomic E-state index is -1.55. The van der Waals surface area contributed by atoms with Crippen LogP contribution in [0.1, 0.15) is 15.9 Å². The first-order valence-electron chi connectivity index (χ1n) is 8.47. The Kier molecular flexibility index (Phi) is 5.94. The molecule has 29 heavy (non-hydrogen) atoms. The van der Waals surface area contributed by atoms with E-state index in [4.69, 9.17) is 21.4 Å². The number of aromatic nitrogens is 2. The summed E-state index contributed by atoms with van der Waals surface area (Å²) in [5.41, 5.74) is 1.95. The number of ether oxygens (including phenoxy) is 1. The molecule has 0 saturated heterocycles. The number of halogens is 1. The SMILES string of the molecule is COc1cc(C)ccc1Nc1ncc(Cl)c(Nc2ccccc2C(=O)C(=O)O)n1. The van der Waals surface area contributed by atoms with Crippen LogP contribution in [0.4, 0.5) is 23.1 Å². The fraction of sp³-hybridized carbons (Fsp3) is 0.100. The van der Waals surface area contributed by atoms with E-state index in [9.17, 15) is 9.59 Å². The van der Waals surface area contributed by atoms with Crippen molar-refractivity contribution in [3.63, 3.8) is 0 Å². The Bertz CT molecular complexity index is 1090. The third kappa shape index (κ3) is 4.61. The molecule has 0 fully saturated rings. The molecule has 0 radical (unpaired) electrons. The van der Waals surface area contributed by atoms with E-state index < -0.39 is 11.8 Å². The van der Waals surface area contributed by atoms with Crippen LogP contribution in [0.3, 0.4) is 0 Å². The molecule has 0 saturated carbocycles. The molecule has 0 atom stereocenters. The van der Waals surface area contributed by atoms with Crippen LogP contribution in [0.25, 0.3) is 0 Å². The standard InChI is InChI=1S/C20H17ClN4O4/c1-11-7-8-15(16(9-11)29-2)24-20-22-10-13(21)18(25-20)23-14-6-4-3-5-12(14)17(26)19(27)28/h3-10H,1-2H3,(H,27,28)(H2,22,23,24,25). The molecule has 3 N–H and O–H groups in total. The van der Waals surface area contributed by atoms with Gasteiger partial charge in [-0.15, -0.1) is 0 Å². The summed E-state index contributed by atoms with van der Waals surface area (Å²) in [4.78, 5) is 31.5. The van der Waals surface area contributed by atoms with Crippen LogP contribution in [0.15, 0.2) is 48.7 Å². The Hall–Kier alpha value is -3.65. The van der Waals surface area contributed by atoms with Crippen LogP contribution in [-0.2, 0) is 4.79 Å². The quantitative estimate of drug-likeness (QED) is 0.391. The highest BCUT2D eigenvalue weighted by atomic mass is 35.5. The molecule has 0 amide bonds. The number of para-hydroxylation sites is 1. The molecular weight excluding hydrogens is 396 g/mol. The monoisotopic (exact) mass is 412 g/mol. The smallest absolute Gasteiger partial charge is 0.377 e. The zero-order valence-electron chi connectivity index (χ0n) is 15.6. The van der Waals surface area contributed by atoms with Gasteiger partial charge in [-0.25, -0.2) is 9.78 Å². The number of anilines is 4. The molecule has 9 heteroatoms. The Morgan fingerprint density at radius 2 is 1.86 bits per heavy atom. The van der Waals surface area contributed by atoms with Crippen molar-refractivity contribution in [2.45, 2.75) is 6.92 Å². The van der Waals surface area contributed by atoms with Crippen molar-refractivity contribution in [2.75, 3.05) is 17.7 Å². The molecule has 0 aliphatic rings. The van der Waals surface area contributed by atoms with Crippen molar-refractivity contribution in [3.05, 3.63) is 64.8 Å². The molecule has 2 aromatic carbocycles. The molecule has 1 heterocycles. The lowest BCUT2D eigenvalue weighted by molar-refractivity contribution is -0.131. The first-order chi connectivity index (χ1) is 13.9. The maximum absolute atomic E-state index is 11.9. The summed E-state index contributed by atoms with van der Waals surface area (Å²) < 4.78 is 5.36. The van der Waals surface area contributed by atoms with Crippen molar-refractivity contribution < 1.29 is 19.4 Å². The number of methoxy groups -OCH3 is 1. The van der Waals surface area contributed by atoms with E-state index in [0.29, 0.717) is 11.4 Å². The topological polar surface area (TPSA) is 113 Å². The van der Waals surface area contributed by atoms with E-state index >= 15 is 0 Å². The molecule has 148 valence electrons. The van der Waals surface area contributed by atoms with Gasteiger partial charge in [0.2, 0.25) is 5.95 Å². The van der Waals surface area contributed by atoms with Crippen LogP contribution < -0.4 is 15.4 Å². The minimum Gasteiger partial charge on any atom is -0.495 e. The lowest BCUT2D eigenvalue weighted by atomic mass is 10.1. The molecule has 8 nitrogen and oxygen atoms in total. The van der Waals surface area contributed by atoms with Gasteiger partial charge in [-0.05, 0) is 36.8 Å². The van der Waals surface area contributed by atoms with Gasteiger partial charge in [0.15, 0.2) is 5.82 Å². The highest BCUT2D eigenvalue weighted by Crippen LogP contribution is 2.30. The molecule has 0 aliphatic carbocycles. The van der Waals surface area contributed by atoms with Crippen molar-refractivity contribution in [1.82, 2.24) is 9.97 Å². The van der Waals surface area contributed by atoms with E-state index in [1.165, 1.54) is 12.3 Å². The second-order valence-corrected chi connectivity index (χ2v) is 6.43. The highest BCUT2D eigenvalue weighted by Gasteiger charge is 2.19. The number of hydrogen-bond acceptors (Lipinski definition) is 7. The van der Waals surface area contributed by atoms with Gasteiger partial charge in [-0.1, -0.05) is 29.8 Å². The summed E-state index contributed by atoms with van der Waals surface area (Å²) in [7, 11) is 1.56. The predicted octanol–water partition coefficient (Wildman–Crippen LogP) is 4.20. The zero-order valence-corrected chi connectivity index (χ0v) is 16.3. The summed E-state index contributed by atoms with van der Waals surface area (Å²) in [6.07, 6.45) is 1.39. The van der Waals surface area contributed by atoms with Gasteiger partial charge in [-0.3, -0.25) is 4.79 Å². The van der Waals surface area contributed by atoms with Gasteiger partial charge in [-0.2, -0.15) is 4.98 Å². The molecule has 3 aromatic rings. The van der Waals surface area contributed by atoms with Crippen molar-refractivity contribution in [1.29, 1.82) is 0 Å². The summed E-state index contributed by atoms with van der Waals surface area (Å²) in [5, 5.41) is 15.2. The average molecular weight is 413 g/mol. The number of Topliss-reactive ketones (excluding diaryl/α,β-unsaturated/α-hetero) is 1. The van der Waals surface area contributed by atoms with Gasteiger partial charge >= 0.3 is 5.97 Å². The fourth-order valence-corrected chi connectivity index (χ4v) is 2.71. The third-order valence-electron chi connectivity index (χ3n) is 3.97. The minimum absolute atomic E-state index is 0.00982. The van der Waals surface area contributed by atoms with Gasteiger partial charge in [0, 0.05) is 0 Å². The van der Waals surface area contributed by atoms with E-state index in [-0.39, 0.29) is 28.0 Å². The Labute approximate surface area is 171 Å². The fourth-order valence-electron chi connectivity index (χ4n) is 2.57. The van der Waals surface area contributed by atoms with Crippen molar-refractivity contribution in [3.8, 4) is 5.75 Å². The lowest BCUT2D eigenvalue weighted by Gasteiger charge is -2.13. The number of hydrogen-bond donors (Lipinski definition) is 3. The zero-order chi connectivity index (χ0) is 21.0. The van der Waals surface area contributed by atoms with E-state index in [0.717, 1.165) is 5.56 Å². The predicted molar refractivity (Wildman–Crippen MR) is 110 cm³/mol.